The fourth-order valence-electron chi connectivity index (χ4n) is 6.23. The zero-order valence-electron chi connectivity index (χ0n) is 20.3. The Hall–Kier alpha value is -2.82. The van der Waals surface area contributed by atoms with Crippen molar-refractivity contribution >= 4 is 28.0 Å². The maximum Gasteiger partial charge on any atom is 0.135 e. The van der Waals surface area contributed by atoms with Crippen LogP contribution < -0.4 is 0 Å². The number of hydrogen-bond acceptors (Lipinski definition) is 3. The Morgan fingerprint density at radius 3 is 2.74 bits per heavy atom. The van der Waals surface area contributed by atoms with Crippen molar-refractivity contribution in [3.63, 3.8) is 0 Å². The number of aromatic amines is 1. The Kier molecular flexibility index (Phi) is 5.20. The zero-order valence-corrected chi connectivity index (χ0v) is 20.3. The lowest BCUT2D eigenvalue weighted by Crippen LogP contribution is -2.34. The highest BCUT2D eigenvalue weighted by molar-refractivity contribution is 6.05. The van der Waals surface area contributed by atoms with Crippen LogP contribution in [-0.4, -0.2) is 23.3 Å². The van der Waals surface area contributed by atoms with Crippen LogP contribution in [0.15, 0.2) is 52.5 Å². The predicted octanol–water partition coefficient (Wildman–Crippen LogP) is 7.05. The minimum Gasteiger partial charge on any atom is -0.456 e. The van der Waals surface area contributed by atoms with Crippen molar-refractivity contribution < 1.29 is 14.3 Å². The number of aliphatic hydroxyl groups excluding tert-OH is 1. The molecule has 3 heterocycles. The van der Waals surface area contributed by atoms with Crippen LogP contribution in [0.2, 0.25) is 0 Å². The summed E-state index contributed by atoms with van der Waals surface area (Å²) in [5, 5.41) is 12.6. The number of nitrogens with one attached hydrogen (secondary N) is 1. The summed E-state index contributed by atoms with van der Waals surface area (Å²) in [6, 6.07) is 14.9. The molecule has 4 nitrogen and oxygen atoms in total. The summed E-state index contributed by atoms with van der Waals surface area (Å²) in [7, 11) is 0. The van der Waals surface area contributed by atoms with E-state index in [9.17, 15) is 5.11 Å². The summed E-state index contributed by atoms with van der Waals surface area (Å²) in [6.07, 6.45) is 5.95. The van der Waals surface area contributed by atoms with E-state index in [1.165, 1.54) is 33.7 Å². The fourth-order valence-corrected chi connectivity index (χ4v) is 6.23. The van der Waals surface area contributed by atoms with Crippen molar-refractivity contribution in [1.29, 1.82) is 0 Å². The van der Waals surface area contributed by atoms with E-state index in [1.807, 2.05) is 12.1 Å². The van der Waals surface area contributed by atoms with Crippen LogP contribution in [0.5, 0.6) is 0 Å². The van der Waals surface area contributed by atoms with Crippen molar-refractivity contribution in [3.05, 3.63) is 76.1 Å². The molecular formula is C30H33NO3. The van der Waals surface area contributed by atoms with Gasteiger partial charge in [-0.05, 0) is 60.4 Å². The fraction of sp³-hybridized carbons (Fsp3) is 0.400. The first-order chi connectivity index (χ1) is 16.6. The van der Waals surface area contributed by atoms with E-state index >= 15 is 0 Å². The lowest BCUT2D eigenvalue weighted by Gasteiger charge is -2.39. The van der Waals surface area contributed by atoms with Gasteiger partial charge in [-0.25, -0.2) is 0 Å². The summed E-state index contributed by atoms with van der Waals surface area (Å²) < 4.78 is 12.4. The molecule has 34 heavy (non-hydrogen) atoms. The normalized spacial score (nSPS) is 22.3. The van der Waals surface area contributed by atoms with Crippen molar-refractivity contribution in [2.24, 2.45) is 5.92 Å². The lowest BCUT2D eigenvalue weighted by atomic mass is 9.65. The molecule has 4 aromatic rings. The third-order valence-corrected chi connectivity index (χ3v) is 8.07. The quantitative estimate of drug-likeness (QED) is 0.339. The van der Waals surface area contributed by atoms with E-state index in [4.69, 9.17) is 9.15 Å². The van der Waals surface area contributed by atoms with Gasteiger partial charge in [0.05, 0.1) is 12.7 Å². The minimum atomic E-state index is -0.332. The number of allylic oxidation sites excluding steroid dienone is 1. The van der Waals surface area contributed by atoms with Gasteiger partial charge in [-0.2, -0.15) is 0 Å². The third kappa shape index (κ3) is 3.12. The molecule has 0 bridgehead atoms. The second-order valence-electron chi connectivity index (χ2n) is 10.2. The van der Waals surface area contributed by atoms with Crippen LogP contribution in [0.3, 0.4) is 0 Å². The molecule has 2 aliphatic rings. The van der Waals surface area contributed by atoms with Crippen molar-refractivity contribution in [2.45, 2.75) is 58.0 Å². The van der Waals surface area contributed by atoms with Gasteiger partial charge in [-0.15, -0.1) is 0 Å². The van der Waals surface area contributed by atoms with E-state index in [0.29, 0.717) is 12.3 Å². The Morgan fingerprint density at radius 1 is 1.12 bits per heavy atom. The summed E-state index contributed by atoms with van der Waals surface area (Å²) in [5.41, 5.74) is 9.31. The van der Waals surface area contributed by atoms with Crippen LogP contribution in [0, 0.1) is 5.92 Å². The summed E-state index contributed by atoms with van der Waals surface area (Å²) in [4.78, 5) is 3.85. The molecule has 2 N–H and O–H groups in total. The van der Waals surface area contributed by atoms with Crippen molar-refractivity contribution in [2.75, 3.05) is 13.2 Å². The highest BCUT2D eigenvalue weighted by Crippen LogP contribution is 2.51. The first-order valence-corrected chi connectivity index (χ1v) is 12.7. The van der Waals surface area contributed by atoms with Crippen molar-refractivity contribution in [1.82, 2.24) is 4.98 Å². The summed E-state index contributed by atoms with van der Waals surface area (Å²) >= 11 is 0. The molecule has 2 atom stereocenters. The monoisotopic (exact) mass is 455 g/mol. The van der Waals surface area contributed by atoms with E-state index in [1.54, 1.807) is 0 Å². The summed E-state index contributed by atoms with van der Waals surface area (Å²) in [6.45, 7) is 7.63. The predicted molar refractivity (Wildman–Crippen MR) is 137 cm³/mol. The van der Waals surface area contributed by atoms with Crippen LogP contribution in [0.4, 0.5) is 0 Å². The highest BCUT2D eigenvalue weighted by Gasteiger charge is 2.43. The maximum atomic E-state index is 10.3. The zero-order chi connectivity index (χ0) is 23.4. The van der Waals surface area contributed by atoms with Crippen LogP contribution >= 0.6 is 0 Å². The molecule has 0 fully saturated rings. The summed E-state index contributed by atoms with van der Waals surface area (Å²) in [5.74, 6) is 0.438. The number of hydrogen-bond donors (Lipinski definition) is 2. The first-order valence-electron chi connectivity index (χ1n) is 12.7. The maximum absolute atomic E-state index is 10.3. The molecule has 0 saturated heterocycles. The van der Waals surface area contributed by atoms with Gasteiger partial charge in [0.25, 0.3) is 0 Å². The van der Waals surface area contributed by atoms with Gasteiger partial charge in [-0.3, -0.25) is 0 Å². The standard InChI is InChI=1S/C30H33NO3/c1-4-25-28-23(11-14-33-25)24-15-19(18(2)3)17-30(12-13-32,29(24)31-28)20-9-10-22-21-7-5-6-8-26(21)34-27(22)16-20/h5-10,15-16,18,25,31-32H,4,11-14,17H2,1-3H3. The number of fused-ring (bicyclic) bond motifs is 6. The average molecular weight is 456 g/mol. The molecule has 2 unspecified atom stereocenters. The molecule has 0 spiro atoms. The Balaban J connectivity index is 1.61. The number of aliphatic hydroxyl groups is 1. The van der Waals surface area contributed by atoms with E-state index in [0.717, 1.165) is 47.8 Å². The lowest BCUT2D eigenvalue weighted by molar-refractivity contribution is 0.0372. The Labute approximate surface area is 200 Å². The molecule has 2 aromatic carbocycles. The number of furan rings is 1. The largest absolute Gasteiger partial charge is 0.456 e. The van der Waals surface area contributed by atoms with Gasteiger partial charge in [-0.1, -0.05) is 62.8 Å². The van der Waals surface area contributed by atoms with Gasteiger partial charge in [0.1, 0.15) is 11.2 Å². The minimum absolute atomic E-state index is 0.106. The Bertz CT molecular complexity index is 1410. The second kappa shape index (κ2) is 8.14. The van der Waals surface area contributed by atoms with E-state index in [-0.39, 0.29) is 18.1 Å². The van der Waals surface area contributed by atoms with Crippen LogP contribution in [0.25, 0.3) is 28.0 Å². The second-order valence-corrected chi connectivity index (χ2v) is 10.2. The molecule has 0 saturated carbocycles. The molecule has 2 aromatic heterocycles. The average Bonchev–Trinajstić information content (AvgIpc) is 3.42. The Morgan fingerprint density at radius 2 is 1.94 bits per heavy atom. The highest BCUT2D eigenvalue weighted by atomic mass is 16.5. The number of aromatic nitrogens is 1. The number of para-hydroxylation sites is 1. The van der Waals surface area contributed by atoms with E-state index < -0.39 is 0 Å². The SMILES string of the molecule is CCC1OCCc2c1[nH]c1c2C=C(C(C)C)CC1(CCO)c1ccc2c(c1)oc1ccccc12. The van der Waals surface area contributed by atoms with Crippen LogP contribution in [-0.2, 0) is 16.6 Å². The van der Waals surface area contributed by atoms with Crippen LogP contribution in [0.1, 0.15) is 74.2 Å². The molecule has 1 aliphatic carbocycles. The first kappa shape index (κ1) is 21.7. The molecular weight excluding hydrogens is 422 g/mol. The van der Waals surface area contributed by atoms with Gasteiger partial charge in [0, 0.05) is 34.2 Å². The van der Waals surface area contributed by atoms with E-state index in [2.05, 4.69) is 62.2 Å². The number of rotatable bonds is 5. The molecule has 0 amide bonds. The molecule has 6 rings (SSSR count). The molecule has 4 heteroatoms. The van der Waals surface area contributed by atoms with Gasteiger partial charge in [0.2, 0.25) is 0 Å². The van der Waals surface area contributed by atoms with Crippen molar-refractivity contribution in [3.8, 4) is 0 Å². The van der Waals surface area contributed by atoms with Gasteiger partial charge in [0.15, 0.2) is 0 Å². The third-order valence-electron chi connectivity index (χ3n) is 8.07. The molecule has 1 aliphatic heterocycles. The molecule has 176 valence electrons. The van der Waals surface area contributed by atoms with Gasteiger partial charge < -0.3 is 19.2 Å². The number of H-pyrrole nitrogens is 1. The smallest absolute Gasteiger partial charge is 0.135 e. The van der Waals surface area contributed by atoms with Gasteiger partial charge >= 0.3 is 0 Å². The number of ether oxygens (including phenoxy) is 1. The number of benzene rings is 2. The topological polar surface area (TPSA) is 58.4 Å². The molecule has 0 radical (unpaired) electrons.